The molecule has 13 heavy (non-hydrogen) atoms. The highest BCUT2D eigenvalue weighted by molar-refractivity contribution is 5.97. The number of aromatic hydroxyl groups is 2. The van der Waals surface area contributed by atoms with Crippen LogP contribution in [0, 0.1) is 0 Å². The van der Waals surface area contributed by atoms with Crippen molar-refractivity contribution in [2.45, 2.75) is 6.92 Å². The summed E-state index contributed by atoms with van der Waals surface area (Å²) in [6.45, 7) is 1.32. The van der Waals surface area contributed by atoms with Crippen LogP contribution in [0.15, 0.2) is 12.1 Å². The second kappa shape index (κ2) is 3.35. The van der Waals surface area contributed by atoms with E-state index in [0.717, 1.165) is 6.07 Å². The first kappa shape index (κ1) is 9.38. The van der Waals surface area contributed by atoms with Gasteiger partial charge in [-0.2, -0.15) is 0 Å². The average Bonchev–Trinajstić information content (AvgIpc) is 2.03. The monoisotopic (exact) mass is 184 g/mol. The summed E-state index contributed by atoms with van der Waals surface area (Å²) >= 11 is 0. The fraction of sp³-hybridized carbons (Fsp3) is 0.222. The zero-order valence-electron chi connectivity index (χ0n) is 7.37. The molecule has 0 fully saturated rings. The Morgan fingerprint density at radius 1 is 1.31 bits per heavy atom. The molecule has 1 rings (SSSR count). The number of hydrogen-bond acceptors (Lipinski definition) is 4. The Balaban J connectivity index is 3.30. The number of rotatable bonds is 2. The summed E-state index contributed by atoms with van der Waals surface area (Å²) in [7, 11) is 1.37. The number of benzene rings is 1. The van der Waals surface area contributed by atoms with Crippen LogP contribution in [0.4, 0.5) is 0 Å². The molecule has 0 radical (unpaired) electrons. The Kier molecular flexibility index (Phi) is 2.41. The summed E-state index contributed by atoms with van der Waals surface area (Å²) in [5, 5.41) is 18.4. The minimum Gasteiger partial charge on any atom is -0.507 e. The van der Waals surface area contributed by atoms with Crippen molar-refractivity contribution in [1.29, 1.82) is 0 Å². The third kappa shape index (κ3) is 1.72. The van der Waals surface area contributed by atoms with Gasteiger partial charge in [-0.3, -0.25) is 4.79 Å². The van der Waals surface area contributed by atoms with Crippen molar-refractivity contribution in [3.8, 4) is 17.2 Å². The minimum atomic E-state index is -0.282. The molecular weight excluding hydrogens is 174 g/mol. The lowest BCUT2D eigenvalue weighted by molar-refractivity contribution is 0.101. The van der Waals surface area contributed by atoms with Crippen LogP contribution in [-0.4, -0.2) is 23.1 Å². The number of carbonyl (C=O) groups excluding carboxylic acids is 1. The van der Waals surface area contributed by atoms with Crippen LogP contribution in [0.3, 0.4) is 0 Å². The number of hydrogen-bond donors (Lipinski definition) is 2. The lowest BCUT2D eigenvalue weighted by atomic mass is 10.2. The highest BCUT2D eigenvalue weighted by Gasteiger charge is 2.11. The SMILES string of the molecule is COc1cc([13C]([13CH3])=O)c(O)cc1O. The van der Waals surface area contributed by atoms with Crippen molar-refractivity contribution in [3.05, 3.63) is 17.7 Å². The number of phenols is 2. The predicted octanol–water partition coefficient (Wildman–Crippen LogP) is 1.31. The van der Waals surface area contributed by atoms with Gasteiger partial charge in [0.25, 0.3) is 0 Å². The Morgan fingerprint density at radius 2 is 1.92 bits per heavy atom. The van der Waals surface area contributed by atoms with Gasteiger partial charge in [0.2, 0.25) is 0 Å². The van der Waals surface area contributed by atoms with Crippen LogP contribution in [0.1, 0.15) is 17.3 Å². The van der Waals surface area contributed by atoms with Crippen LogP contribution in [0.25, 0.3) is 0 Å². The molecule has 0 aliphatic rings. The van der Waals surface area contributed by atoms with E-state index in [2.05, 4.69) is 0 Å². The molecule has 1 aromatic rings. The van der Waals surface area contributed by atoms with Gasteiger partial charge < -0.3 is 14.9 Å². The van der Waals surface area contributed by atoms with Gasteiger partial charge in [-0.15, -0.1) is 0 Å². The molecule has 0 saturated carbocycles. The Hall–Kier alpha value is -1.71. The molecule has 70 valence electrons. The molecular formula is C9H10O4. The standard InChI is InChI=1S/C9H10O4/c1-5(10)6-3-9(13-2)8(12)4-7(6)11/h3-4,11-12H,1-2H3/i1+1,5+1. The van der Waals surface area contributed by atoms with Crippen LogP contribution < -0.4 is 4.74 Å². The molecule has 0 bridgehead atoms. The van der Waals surface area contributed by atoms with Crippen molar-refractivity contribution in [2.75, 3.05) is 7.11 Å². The normalized spacial score (nSPS) is 9.69. The van der Waals surface area contributed by atoms with Crippen molar-refractivity contribution in [2.24, 2.45) is 0 Å². The Morgan fingerprint density at radius 3 is 2.38 bits per heavy atom. The smallest absolute Gasteiger partial charge is 0.163 e. The predicted molar refractivity (Wildman–Crippen MR) is 46.3 cm³/mol. The molecule has 2 N–H and O–H groups in total. The van der Waals surface area contributed by atoms with E-state index in [-0.39, 0.29) is 28.6 Å². The Bertz CT molecular complexity index is 344. The molecule has 0 heterocycles. The lowest BCUT2D eigenvalue weighted by Crippen LogP contribution is -1.94. The van der Waals surface area contributed by atoms with Crippen molar-refractivity contribution < 1.29 is 19.7 Å². The van der Waals surface area contributed by atoms with Crippen LogP contribution in [0.2, 0.25) is 0 Å². The highest BCUT2D eigenvalue weighted by atomic mass is 16.5. The third-order valence-corrected chi connectivity index (χ3v) is 1.68. The van der Waals surface area contributed by atoms with E-state index in [4.69, 9.17) is 4.74 Å². The molecule has 0 unspecified atom stereocenters. The van der Waals surface area contributed by atoms with Gasteiger partial charge in [-0.1, -0.05) is 0 Å². The van der Waals surface area contributed by atoms with E-state index >= 15 is 0 Å². The number of ether oxygens (including phenoxy) is 1. The van der Waals surface area contributed by atoms with Gasteiger partial charge in [0, 0.05) is 6.07 Å². The van der Waals surface area contributed by atoms with Gasteiger partial charge in [0.1, 0.15) is 5.75 Å². The summed E-state index contributed by atoms with van der Waals surface area (Å²) in [4.78, 5) is 10.9. The summed E-state index contributed by atoms with van der Waals surface area (Å²) in [5.74, 6) is -0.547. The number of carbonyl (C=O) groups is 1. The van der Waals surface area contributed by atoms with E-state index in [9.17, 15) is 15.0 Å². The summed E-state index contributed by atoms with van der Waals surface area (Å²) in [6.07, 6.45) is 0. The number of phenolic OH excluding ortho intramolecular Hbond substituents is 2. The summed E-state index contributed by atoms with van der Waals surface area (Å²) in [5.41, 5.74) is 0.134. The van der Waals surface area contributed by atoms with E-state index in [0.29, 0.717) is 0 Å². The molecule has 0 atom stereocenters. The van der Waals surface area contributed by atoms with E-state index in [1.807, 2.05) is 0 Å². The number of ketones is 1. The second-order valence-corrected chi connectivity index (χ2v) is 2.60. The van der Waals surface area contributed by atoms with Crippen LogP contribution in [-0.2, 0) is 0 Å². The number of methoxy groups -OCH3 is 1. The second-order valence-electron chi connectivity index (χ2n) is 2.60. The molecule has 0 spiro atoms. The van der Waals surface area contributed by atoms with Gasteiger partial charge in [-0.25, -0.2) is 0 Å². The van der Waals surface area contributed by atoms with E-state index in [1.54, 1.807) is 0 Å². The van der Waals surface area contributed by atoms with Crippen molar-refractivity contribution >= 4 is 5.78 Å². The molecule has 1 aromatic carbocycles. The molecule has 0 aromatic heterocycles. The van der Waals surface area contributed by atoms with E-state index in [1.165, 1.54) is 20.1 Å². The first-order chi connectivity index (χ1) is 6.06. The highest BCUT2D eigenvalue weighted by Crippen LogP contribution is 2.32. The van der Waals surface area contributed by atoms with Gasteiger partial charge in [-0.05, 0) is 13.0 Å². The van der Waals surface area contributed by atoms with Crippen LogP contribution >= 0.6 is 0 Å². The Labute approximate surface area is 75.4 Å². The molecule has 0 aliphatic carbocycles. The van der Waals surface area contributed by atoms with E-state index < -0.39 is 0 Å². The van der Waals surface area contributed by atoms with Crippen LogP contribution in [0.5, 0.6) is 17.2 Å². The molecule has 0 aliphatic heterocycles. The fourth-order valence-electron chi connectivity index (χ4n) is 1.00. The topological polar surface area (TPSA) is 66.8 Å². The molecule has 0 saturated heterocycles. The third-order valence-electron chi connectivity index (χ3n) is 1.68. The zero-order chi connectivity index (χ0) is 10.0. The van der Waals surface area contributed by atoms with Crippen molar-refractivity contribution in [3.63, 3.8) is 0 Å². The maximum Gasteiger partial charge on any atom is 0.163 e. The average molecular weight is 184 g/mol. The maximum atomic E-state index is 10.9. The lowest BCUT2D eigenvalue weighted by Gasteiger charge is -2.06. The fourth-order valence-corrected chi connectivity index (χ4v) is 1.00. The van der Waals surface area contributed by atoms with Crippen molar-refractivity contribution in [1.82, 2.24) is 0 Å². The minimum absolute atomic E-state index is 0.134. The molecule has 4 nitrogen and oxygen atoms in total. The quantitative estimate of drug-likeness (QED) is 0.537. The van der Waals surface area contributed by atoms with Gasteiger partial charge in [0.05, 0.1) is 12.7 Å². The zero-order valence-corrected chi connectivity index (χ0v) is 7.37. The van der Waals surface area contributed by atoms with Gasteiger partial charge in [0.15, 0.2) is 17.3 Å². The number of Topliss-reactive ketones (excluding diaryl/α,β-unsaturated/α-hetero) is 1. The molecule has 0 amide bonds. The van der Waals surface area contributed by atoms with Gasteiger partial charge >= 0.3 is 0 Å². The first-order valence-corrected chi connectivity index (χ1v) is 3.67. The summed E-state index contributed by atoms with van der Waals surface area (Å²) < 4.78 is 4.78. The first-order valence-electron chi connectivity index (χ1n) is 3.67. The largest absolute Gasteiger partial charge is 0.507 e. The summed E-state index contributed by atoms with van der Waals surface area (Å²) in [6, 6.07) is 2.38. The molecule has 4 heteroatoms. The maximum absolute atomic E-state index is 10.9.